The number of amides is 1. The molecule has 0 unspecified atom stereocenters. The van der Waals surface area contributed by atoms with Gasteiger partial charge in [0.05, 0.1) is 32.8 Å². The molecule has 0 saturated carbocycles. The lowest BCUT2D eigenvalue weighted by Gasteiger charge is -2.12. The molecule has 144 valence electrons. The first kappa shape index (κ1) is 20.6. The molecule has 0 spiro atoms. The molecule has 1 N–H and O–H groups in total. The average molecular weight is 388 g/mol. The predicted octanol–water partition coefficient (Wildman–Crippen LogP) is 3.48. The normalized spacial score (nSPS) is 11.9. The molecule has 2 aromatic rings. The lowest BCUT2D eigenvalue weighted by atomic mass is 10.2. The van der Waals surface area contributed by atoms with Gasteiger partial charge in [-0.2, -0.15) is 5.10 Å². The highest BCUT2D eigenvalue weighted by atomic mass is 32.2. The molecule has 7 heteroatoms. The first-order valence-corrected chi connectivity index (χ1v) is 9.42. The lowest BCUT2D eigenvalue weighted by Crippen LogP contribution is -2.27. The van der Waals surface area contributed by atoms with Gasteiger partial charge >= 0.3 is 0 Å². The number of hydrazone groups is 1. The molecule has 2 aromatic carbocycles. The largest absolute Gasteiger partial charge is 0.493 e. The zero-order valence-corrected chi connectivity index (χ0v) is 16.7. The minimum atomic E-state index is -0.220. The van der Waals surface area contributed by atoms with Gasteiger partial charge in [-0.3, -0.25) is 4.79 Å². The highest BCUT2D eigenvalue weighted by Gasteiger charge is 2.14. The van der Waals surface area contributed by atoms with Gasteiger partial charge in [0.15, 0.2) is 11.5 Å². The van der Waals surface area contributed by atoms with Crippen molar-refractivity contribution >= 4 is 23.9 Å². The molecule has 0 aliphatic carbocycles. The van der Waals surface area contributed by atoms with Crippen LogP contribution in [0.5, 0.6) is 17.2 Å². The number of carbonyl (C=O) groups is 1. The van der Waals surface area contributed by atoms with Crippen molar-refractivity contribution in [3.05, 3.63) is 53.6 Å². The van der Waals surface area contributed by atoms with Crippen LogP contribution in [0.1, 0.15) is 18.1 Å². The van der Waals surface area contributed by atoms with Crippen molar-refractivity contribution in [1.29, 1.82) is 0 Å². The molecular weight excluding hydrogens is 364 g/mol. The number of ether oxygens (including phenoxy) is 3. The third kappa shape index (κ3) is 5.92. The van der Waals surface area contributed by atoms with E-state index in [-0.39, 0.29) is 11.2 Å². The number of methoxy groups -OCH3 is 3. The number of nitrogens with zero attached hydrogens (tertiary/aromatic N) is 1. The summed E-state index contributed by atoms with van der Waals surface area (Å²) in [6.45, 7) is 1.86. The van der Waals surface area contributed by atoms with Crippen molar-refractivity contribution in [2.24, 2.45) is 5.10 Å². The third-order valence-electron chi connectivity index (χ3n) is 3.79. The topological polar surface area (TPSA) is 69.2 Å². The first-order chi connectivity index (χ1) is 13.1. The van der Waals surface area contributed by atoms with E-state index in [0.717, 1.165) is 11.3 Å². The van der Waals surface area contributed by atoms with Gasteiger partial charge in [-0.15, -0.1) is 11.8 Å². The van der Waals surface area contributed by atoms with Gasteiger partial charge in [-0.05, 0) is 24.6 Å². The minimum absolute atomic E-state index is 0.153. The van der Waals surface area contributed by atoms with E-state index >= 15 is 0 Å². The summed E-state index contributed by atoms with van der Waals surface area (Å²) in [5.74, 6) is 2.17. The van der Waals surface area contributed by atoms with E-state index in [1.807, 2.05) is 37.3 Å². The maximum Gasteiger partial charge on any atom is 0.252 e. The Balaban J connectivity index is 1.94. The average Bonchev–Trinajstić information content (AvgIpc) is 2.71. The summed E-state index contributed by atoms with van der Waals surface area (Å²) in [5.41, 5.74) is 4.47. The molecule has 0 aliphatic rings. The quantitative estimate of drug-likeness (QED) is 0.526. The van der Waals surface area contributed by atoms with Crippen LogP contribution >= 0.6 is 11.8 Å². The molecule has 0 bridgehead atoms. The van der Waals surface area contributed by atoms with Crippen LogP contribution in [0.15, 0.2) is 47.6 Å². The van der Waals surface area contributed by atoms with Gasteiger partial charge in [-0.1, -0.05) is 30.3 Å². The number of nitrogens with one attached hydrogen (secondary N) is 1. The minimum Gasteiger partial charge on any atom is -0.493 e. The number of thioether (sulfide) groups is 1. The lowest BCUT2D eigenvalue weighted by molar-refractivity contribution is -0.120. The highest BCUT2D eigenvalue weighted by Crippen LogP contribution is 2.37. The standard InChI is InChI=1S/C20H24N2O4S/c1-14(27-13-15-8-6-5-7-9-15)20(23)22-21-12-16-10-17(24-2)19(26-4)18(11-16)25-3/h5-12,14H,13H2,1-4H3,(H,22,23)/b21-12-/t14-/m0/s1. The van der Waals surface area contributed by atoms with Gasteiger partial charge in [0.25, 0.3) is 5.91 Å². The fourth-order valence-corrected chi connectivity index (χ4v) is 3.15. The molecule has 2 rings (SSSR count). The Hall–Kier alpha value is -2.67. The van der Waals surface area contributed by atoms with Crippen molar-refractivity contribution in [1.82, 2.24) is 5.43 Å². The van der Waals surface area contributed by atoms with Crippen LogP contribution in [-0.2, 0) is 10.5 Å². The fraction of sp³-hybridized carbons (Fsp3) is 0.300. The van der Waals surface area contributed by atoms with Crippen LogP contribution in [0.4, 0.5) is 0 Å². The Morgan fingerprint density at radius 1 is 1.11 bits per heavy atom. The van der Waals surface area contributed by atoms with E-state index in [1.54, 1.807) is 45.2 Å². The van der Waals surface area contributed by atoms with Crippen molar-refractivity contribution in [3.63, 3.8) is 0 Å². The Labute approximate surface area is 163 Å². The maximum atomic E-state index is 12.2. The Bertz CT molecular complexity index is 756. The van der Waals surface area contributed by atoms with Gasteiger partial charge in [0, 0.05) is 11.3 Å². The van der Waals surface area contributed by atoms with Crippen LogP contribution in [0.3, 0.4) is 0 Å². The summed E-state index contributed by atoms with van der Waals surface area (Å²) >= 11 is 1.56. The van der Waals surface area contributed by atoms with Crippen LogP contribution < -0.4 is 19.6 Å². The molecule has 0 aliphatic heterocycles. The van der Waals surface area contributed by atoms with Gasteiger partial charge in [-0.25, -0.2) is 5.43 Å². The summed E-state index contributed by atoms with van der Waals surface area (Å²) < 4.78 is 15.9. The van der Waals surface area contributed by atoms with E-state index in [4.69, 9.17) is 14.2 Å². The van der Waals surface area contributed by atoms with E-state index < -0.39 is 0 Å². The number of rotatable bonds is 9. The fourth-order valence-electron chi connectivity index (χ4n) is 2.31. The monoisotopic (exact) mass is 388 g/mol. The van der Waals surface area contributed by atoms with Gasteiger partial charge in [0.2, 0.25) is 5.75 Å². The van der Waals surface area contributed by atoms with E-state index in [2.05, 4.69) is 10.5 Å². The van der Waals surface area contributed by atoms with Gasteiger partial charge in [0.1, 0.15) is 0 Å². The molecule has 6 nitrogen and oxygen atoms in total. The molecule has 0 heterocycles. The van der Waals surface area contributed by atoms with E-state index in [1.165, 1.54) is 11.8 Å². The Kier molecular flexibility index (Phi) is 8.00. The number of hydrogen-bond acceptors (Lipinski definition) is 6. The summed E-state index contributed by atoms with van der Waals surface area (Å²) in [4.78, 5) is 12.2. The number of hydrogen-bond donors (Lipinski definition) is 1. The predicted molar refractivity (Wildman–Crippen MR) is 109 cm³/mol. The molecule has 0 radical (unpaired) electrons. The summed E-state index contributed by atoms with van der Waals surface area (Å²) in [6, 6.07) is 13.5. The van der Waals surface area contributed by atoms with Crippen LogP contribution in [0, 0.1) is 0 Å². The first-order valence-electron chi connectivity index (χ1n) is 8.37. The molecular formula is C20H24N2O4S. The molecule has 0 saturated heterocycles. The zero-order chi connectivity index (χ0) is 19.6. The van der Waals surface area contributed by atoms with Crippen LogP contribution in [0.25, 0.3) is 0 Å². The zero-order valence-electron chi connectivity index (χ0n) is 15.9. The van der Waals surface area contributed by atoms with E-state index in [9.17, 15) is 4.79 Å². The van der Waals surface area contributed by atoms with Gasteiger partial charge < -0.3 is 14.2 Å². The van der Waals surface area contributed by atoms with Crippen molar-refractivity contribution < 1.29 is 19.0 Å². The number of benzene rings is 2. The van der Waals surface area contributed by atoms with Crippen molar-refractivity contribution in [2.45, 2.75) is 17.9 Å². The second kappa shape index (κ2) is 10.5. The molecule has 1 amide bonds. The summed E-state index contributed by atoms with van der Waals surface area (Å²) in [5, 5.41) is 3.81. The smallest absolute Gasteiger partial charge is 0.252 e. The van der Waals surface area contributed by atoms with Crippen LogP contribution in [0.2, 0.25) is 0 Å². The molecule has 0 aromatic heterocycles. The molecule has 1 atom stereocenters. The third-order valence-corrected chi connectivity index (χ3v) is 5.00. The highest BCUT2D eigenvalue weighted by molar-refractivity contribution is 7.99. The Morgan fingerprint density at radius 3 is 2.30 bits per heavy atom. The van der Waals surface area contributed by atoms with Crippen molar-refractivity contribution in [3.8, 4) is 17.2 Å². The second-order valence-electron chi connectivity index (χ2n) is 5.63. The summed E-state index contributed by atoms with van der Waals surface area (Å²) in [6.07, 6.45) is 1.54. The van der Waals surface area contributed by atoms with Crippen molar-refractivity contribution in [2.75, 3.05) is 21.3 Å². The second-order valence-corrected chi connectivity index (χ2v) is 6.96. The van der Waals surface area contributed by atoms with Crippen LogP contribution in [-0.4, -0.2) is 38.7 Å². The molecule has 0 fully saturated rings. The maximum absolute atomic E-state index is 12.2. The molecule has 27 heavy (non-hydrogen) atoms. The Morgan fingerprint density at radius 2 is 1.74 bits per heavy atom. The number of carbonyl (C=O) groups excluding carboxylic acids is 1. The van der Waals surface area contributed by atoms with E-state index in [0.29, 0.717) is 17.2 Å². The SMILES string of the molecule is COc1cc(/C=N\NC(=O)[C@H](C)SCc2ccccc2)cc(OC)c1OC. The summed E-state index contributed by atoms with van der Waals surface area (Å²) in [7, 11) is 4.64.